The molecule has 0 fully saturated rings. The van der Waals surface area contributed by atoms with Gasteiger partial charge in [0, 0.05) is 17.6 Å². The number of hydrogen-bond donors (Lipinski definition) is 1. The van der Waals surface area contributed by atoms with Crippen molar-refractivity contribution in [1.82, 2.24) is 4.31 Å². The predicted molar refractivity (Wildman–Crippen MR) is 80.6 cm³/mol. The standard InChI is InChI=1S/C13H18BrNO4S/c1-4-6-15(5-2)20(18,19)11-8-10(13(16)17)7-9(3)12(11)14/h7-8H,4-6H2,1-3H3,(H,16,17). The number of benzene rings is 1. The summed E-state index contributed by atoms with van der Waals surface area (Å²) in [6, 6.07) is 2.65. The van der Waals surface area contributed by atoms with Gasteiger partial charge in [-0.25, -0.2) is 13.2 Å². The average Bonchev–Trinajstić information content (AvgIpc) is 2.38. The number of hydrogen-bond acceptors (Lipinski definition) is 3. The Morgan fingerprint density at radius 1 is 1.35 bits per heavy atom. The largest absolute Gasteiger partial charge is 0.478 e. The monoisotopic (exact) mass is 363 g/mol. The Labute approximate surface area is 127 Å². The van der Waals surface area contributed by atoms with Crippen molar-refractivity contribution in [3.05, 3.63) is 27.7 Å². The maximum Gasteiger partial charge on any atom is 0.335 e. The van der Waals surface area contributed by atoms with Crippen LogP contribution < -0.4 is 0 Å². The van der Waals surface area contributed by atoms with Crippen LogP contribution in [0.5, 0.6) is 0 Å². The fourth-order valence-electron chi connectivity index (χ4n) is 1.89. The van der Waals surface area contributed by atoms with Crippen LogP contribution in [0.1, 0.15) is 36.2 Å². The van der Waals surface area contributed by atoms with Crippen molar-refractivity contribution in [2.45, 2.75) is 32.1 Å². The first-order chi connectivity index (χ1) is 9.25. The van der Waals surface area contributed by atoms with E-state index in [0.717, 1.165) is 0 Å². The minimum atomic E-state index is -3.70. The molecule has 0 heterocycles. The molecular formula is C13H18BrNO4S. The Morgan fingerprint density at radius 2 is 1.95 bits per heavy atom. The van der Waals surface area contributed by atoms with Crippen LogP contribution >= 0.6 is 15.9 Å². The quantitative estimate of drug-likeness (QED) is 0.842. The van der Waals surface area contributed by atoms with Gasteiger partial charge in [-0.3, -0.25) is 0 Å². The van der Waals surface area contributed by atoms with Crippen LogP contribution in [0.15, 0.2) is 21.5 Å². The average molecular weight is 364 g/mol. The highest BCUT2D eigenvalue weighted by atomic mass is 79.9. The fraction of sp³-hybridized carbons (Fsp3) is 0.462. The van der Waals surface area contributed by atoms with Gasteiger partial charge in [-0.1, -0.05) is 13.8 Å². The molecule has 1 aromatic rings. The van der Waals surface area contributed by atoms with Crippen molar-refractivity contribution < 1.29 is 18.3 Å². The molecule has 0 saturated heterocycles. The Morgan fingerprint density at radius 3 is 2.40 bits per heavy atom. The number of carboxylic acids is 1. The number of aryl methyl sites for hydroxylation is 1. The minimum Gasteiger partial charge on any atom is -0.478 e. The summed E-state index contributed by atoms with van der Waals surface area (Å²) in [4.78, 5) is 11.1. The summed E-state index contributed by atoms with van der Waals surface area (Å²) in [5.41, 5.74) is 0.549. The van der Waals surface area contributed by atoms with Crippen molar-refractivity contribution in [1.29, 1.82) is 0 Å². The van der Waals surface area contributed by atoms with Gasteiger partial charge in [0.2, 0.25) is 10.0 Å². The number of carbonyl (C=O) groups is 1. The molecule has 0 atom stereocenters. The summed E-state index contributed by atoms with van der Waals surface area (Å²) in [7, 11) is -3.70. The van der Waals surface area contributed by atoms with Crippen LogP contribution in [0, 0.1) is 6.92 Å². The van der Waals surface area contributed by atoms with Crippen molar-refractivity contribution in [2.24, 2.45) is 0 Å². The summed E-state index contributed by atoms with van der Waals surface area (Å²) in [5.74, 6) is -1.14. The topological polar surface area (TPSA) is 74.7 Å². The maximum absolute atomic E-state index is 12.6. The molecule has 0 spiro atoms. The number of aromatic carboxylic acids is 1. The van der Waals surface area contributed by atoms with Gasteiger partial charge in [0.15, 0.2) is 0 Å². The summed E-state index contributed by atoms with van der Waals surface area (Å²) >= 11 is 3.25. The van der Waals surface area contributed by atoms with Gasteiger partial charge in [0.25, 0.3) is 0 Å². The maximum atomic E-state index is 12.6. The molecule has 1 aromatic carbocycles. The van der Waals surface area contributed by atoms with Gasteiger partial charge < -0.3 is 5.11 Å². The fourth-order valence-corrected chi connectivity index (χ4v) is 4.43. The van der Waals surface area contributed by atoms with Crippen LogP contribution in [0.3, 0.4) is 0 Å². The van der Waals surface area contributed by atoms with Crippen molar-refractivity contribution in [3.8, 4) is 0 Å². The molecule has 0 aliphatic heterocycles. The predicted octanol–water partition coefficient (Wildman–Crippen LogP) is 2.88. The lowest BCUT2D eigenvalue weighted by Crippen LogP contribution is -2.32. The first-order valence-electron chi connectivity index (χ1n) is 6.29. The molecule has 5 nitrogen and oxygen atoms in total. The van der Waals surface area contributed by atoms with Gasteiger partial charge in [-0.15, -0.1) is 0 Å². The molecule has 0 unspecified atom stereocenters. The lowest BCUT2D eigenvalue weighted by molar-refractivity contribution is 0.0696. The second kappa shape index (κ2) is 6.69. The van der Waals surface area contributed by atoms with E-state index in [1.54, 1.807) is 13.8 Å². The van der Waals surface area contributed by atoms with Crippen LogP contribution in [-0.4, -0.2) is 36.9 Å². The van der Waals surface area contributed by atoms with E-state index < -0.39 is 16.0 Å². The van der Waals surface area contributed by atoms with Crippen molar-refractivity contribution in [3.63, 3.8) is 0 Å². The normalized spacial score (nSPS) is 11.8. The van der Waals surface area contributed by atoms with E-state index in [4.69, 9.17) is 5.11 Å². The van der Waals surface area contributed by atoms with E-state index in [1.165, 1.54) is 16.4 Å². The van der Waals surface area contributed by atoms with Crippen LogP contribution in [0.25, 0.3) is 0 Å². The van der Waals surface area contributed by atoms with Crippen molar-refractivity contribution >= 4 is 31.9 Å². The van der Waals surface area contributed by atoms with Gasteiger partial charge in [-0.05, 0) is 47.0 Å². The van der Waals surface area contributed by atoms with Gasteiger partial charge in [0.05, 0.1) is 10.5 Å². The van der Waals surface area contributed by atoms with E-state index in [2.05, 4.69) is 15.9 Å². The Hall–Kier alpha value is -0.920. The highest BCUT2D eigenvalue weighted by molar-refractivity contribution is 9.10. The highest BCUT2D eigenvalue weighted by Gasteiger charge is 2.26. The molecule has 0 saturated carbocycles. The van der Waals surface area contributed by atoms with Crippen LogP contribution in [0.4, 0.5) is 0 Å². The number of nitrogens with zero attached hydrogens (tertiary/aromatic N) is 1. The van der Waals surface area contributed by atoms with E-state index >= 15 is 0 Å². The summed E-state index contributed by atoms with van der Waals surface area (Å²) < 4.78 is 27.0. The number of halogens is 1. The summed E-state index contributed by atoms with van der Waals surface area (Å²) in [5, 5.41) is 9.07. The first kappa shape index (κ1) is 17.1. The van der Waals surface area contributed by atoms with E-state index in [0.29, 0.717) is 29.5 Å². The third-order valence-corrected chi connectivity index (χ3v) is 6.23. The molecule has 1 N–H and O–H groups in total. The van der Waals surface area contributed by atoms with Crippen LogP contribution in [0.2, 0.25) is 0 Å². The number of carboxylic acid groups (broad SMARTS) is 1. The minimum absolute atomic E-state index is 0.00481. The molecule has 0 aliphatic carbocycles. The molecule has 0 bridgehead atoms. The van der Waals surface area contributed by atoms with E-state index in [9.17, 15) is 13.2 Å². The van der Waals surface area contributed by atoms with Gasteiger partial charge >= 0.3 is 5.97 Å². The molecule has 1 rings (SSSR count). The first-order valence-corrected chi connectivity index (χ1v) is 8.52. The molecular weight excluding hydrogens is 346 g/mol. The number of sulfonamides is 1. The Kier molecular flexibility index (Phi) is 5.73. The number of rotatable bonds is 6. The molecule has 112 valence electrons. The zero-order valence-corrected chi connectivity index (χ0v) is 14.1. The highest BCUT2D eigenvalue weighted by Crippen LogP contribution is 2.29. The molecule has 0 aromatic heterocycles. The molecule has 0 aliphatic rings. The van der Waals surface area contributed by atoms with Gasteiger partial charge in [-0.2, -0.15) is 4.31 Å². The zero-order valence-electron chi connectivity index (χ0n) is 11.7. The second-order valence-corrected chi connectivity index (χ2v) is 7.11. The van der Waals surface area contributed by atoms with E-state index in [1.807, 2.05) is 6.92 Å². The molecule has 0 amide bonds. The lowest BCUT2D eigenvalue weighted by Gasteiger charge is -2.21. The Balaban J connectivity index is 3.48. The summed E-state index contributed by atoms with van der Waals surface area (Å²) in [6.45, 7) is 6.08. The third kappa shape index (κ3) is 3.39. The van der Waals surface area contributed by atoms with E-state index in [-0.39, 0.29) is 10.5 Å². The molecule has 0 radical (unpaired) electrons. The molecule has 20 heavy (non-hydrogen) atoms. The lowest BCUT2D eigenvalue weighted by atomic mass is 10.1. The Bertz CT molecular complexity index is 613. The second-order valence-electron chi connectivity index (χ2n) is 4.41. The van der Waals surface area contributed by atoms with Crippen molar-refractivity contribution in [2.75, 3.05) is 13.1 Å². The van der Waals surface area contributed by atoms with Crippen LogP contribution in [-0.2, 0) is 10.0 Å². The summed E-state index contributed by atoms with van der Waals surface area (Å²) in [6.07, 6.45) is 0.697. The third-order valence-electron chi connectivity index (χ3n) is 2.91. The zero-order chi connectivity index (χ0) is 15.5. The smallest absolute Gasteiger partial charge is 0.335 e. The molecule has 7 heteroatoms. The van der Waals surface area contributed by atoms with Gasteiger partial charge in [0.1, 0.15) is 0 Å². The SMILES string of the molecule is CCCN(CC)S(=O)(=O)c1cc(C(=O)O)cc(C)c1Br.